The van der Waals surface area contributed by atoms with Gasteiger partial charge >= 0.3 is 0 Å². The van der Waals surface area contributed by atoms with Crippen molar-refractivity contribution in [3.05, 3.63) is 65.2 Å². The van der Waals surface area contributed by atoms with Crippen LogP contribution < -0.4 is 10.1 Å². The first kappa shape index (κ1) is 13.6. The number of ether oxygens (including phenoxy) is 1. The molecule has 0 spiro atoms. The van der Waals surface area contributed by atoms with E-state index in [9.17, 15) is 0 Å². The summed E-state index contributed by atoms with van der Waals surface area (Å²) < 4.78 is 5.84. The van der Waals surface area contributed by atoms with Gasteiger partial charge in [-0.2, -0.15) is 0 Å². The zero-order valence-corrected chi connectivity index (χ0v) is 11.8. The Labute approximate surface area is 115 Å². The first-order valence-corrected chi connectivity index (χ1v) is 6.64. The molecule has 0 amide bonds. The summed E-state index contributed by atoms with van der Waals surface area (Å²) in [4.78, 5) is 0. The van der Waals surface area contributed by atoms with Crippen LogP contribution in [0.3, 0.4) is 0 Å². The Morgan fingerprint density at radius 3 is 2.53 bits per heavy atom. The maximum absolute atomic E-state index is 5.84. The molecule has 0 bridgehead atoms. The van der Waals surface area contributed by atoms with Crippen LogP contribution in [0.4, 0.5) is 0 Å². The Bertz CT molecular complexity index is 519. The van der Waals surface area contributed by atoms with Gasteiger partial charge < -0.3 is 10.1 Å². The maximum Gasteiger partial charge on any atom is 0.120 e. The lowest BCUT2D eigenvalue weighted by Crippen LogP contribution is -2.12. The van der Waals surface area contributed by atoms with E-state index in [2.05, 4.69) is 55.6 Å². The monoisotopic (exact) mass is 255 g/mol. The molecule has 2 heteroatoms. The van der Waals surface area contributed by atoms with Crippen LogP contribution in [0.5, 0.6) is 5.75 Å². The van der Waals surface area contributed by atoms with Crippen LogP contribution in [0.15, 0.2) is 48.5 Å². The SMILES string of the molecule is CNC(C)c1cccc(OCc2ccc(C)cc2)c1. The van der Waals surface area contributed by atoms with E-state index in [4.69, 9.17) is 4.74 Å². The summed E-state index contributed by atoms with van der Waals surface area (Å²) in [7, 11) is 1.96. The molecular formula is C17H21NO. The molecule has 0 aliphatic heterocycles. The lowest BCUT2D eigenvalue weighted by atomic mass is 10.1. The van der Waals surface area contributed by atoms with E-state index in [1.807, 2.05) is 19.2 Å². The molecular weight excluding hydrogens is 234 g/mol. The van der Waals surface area contributed by atoms with E-state index < -0.39 is 0 Å². The lowest BCUT2D eigenvalue weighted by Gasteiger charge is -2.13. The van der Waals surface area contributed by atoms with Crippen LogP contribution in [-0.4, -0.2) is 7.05 Å². The van der Waals surface area contributed by atoms with E-state index in [1.54, 1.807) is 0 Å². The minimum Gasteiger partial charge on any atom is -0.489 e. The Hall–Kier alpha value is -1.80. The summed E-state index contributed by atoms with van der Waals surface area (Å²) in [6.07, 6.45) is 0. The summed E-state index contributed by atoms with van der Waals surface area (Å²) in [6.45, 7) is 4.84. The summed E-state index contributed by atoms with van der Waals surface area (Å²) in [5, 5.41) is 3.23. The fraction of sp³-hybridized carbons (Fsp3) is 0.294. The van der Waals surface area contributed by atoms with Crippen molar-refractivity contribution in [2.75, 3.05) is 7.05 Å². The van der Waals surface area contributed by atoms with Gasteiger partial charge in [0, 0.05) is 6.04 Å². The fourth-order valence-electron chi connectivity index (χ4n) is 1.89. The molecule has 0 aromatic heterocycles. The van der Waals surface area contributed by atoms with Crippen LogP contribution in [0.2, 0.25) is 0 Å². The maximum atomic E-state index is 5.84. The first-order valence-electron chi connectivity index (χ1n) is 6.64. The molecule has 2 aromatic carbocycles. The van der Waals surface area contributed by atoms with Crippen LogP contribution >= 0.6 is 0 Å². The van der Waals surface area contributed by atoms with Gasteiger partial charge in [0.25, 0.3) is 0 Å². The largest absolute Gasteiger partial charge is 0.489 e. The molecule has 0 aliphatic carbocycles. The van der Waals surface area contributed by atoms with Crippen molar-refractivity contribution in [2.24, 2.45) is 0 Å². The highest BCUT2D eigenvalue weighted by molar-refractivity contribution is 5.31. The van der Waals surface area contributed by atoms with Gasteiger partial charge in [0.05, 0.1) is 0 Å². The molecule has 2 aromatic rings. The average Bonchev–Trinajstić information content (AvgIpc) is 2.46. The van der Waals surface area contributed by atoms with E-state index in [0.29, 0.717) is 12.6 Å². The molecule has 1 N–H and O–H groups in total. The van der Waals surface area contributed by atoms with Crippen molar-refractivity contribution in [1.29, 1.82) is 0 Å². The molecule has 0 fully saturated rings. The summed E-state index contributed by atoms with van der Waals surface area (Å²) in [5.41, 5.74) is 3.70. The molecule has 0 heterocycles. The van der Waals surface area contributed by atoms with E-state index in [1.165, 1.54) is 16.7 Å². The van der Waals surface area contributed by atoms with Gasteiger partial charge in [-0.1, -0.05) is 42.0 Å². The van der Waals surface area contributed by atoms with Gasteiger partial charge in [-0.05, 0) is 44.2 Å². The number of hydrogen-bond donors (Lipinski definition) is 1. The summed E-state index contributed by atoms with van der Waals surface area (Å²) in [6, 6.07) is 17.0. The quantitative estimate of drug-likeness (QED) is 0.876. The predicted octanol–water partition coefficient (Wildman–Crippen LogP) is 3.85. The third kappa shape index (κ3) is 3.83. The number of hydrogen-bond acceptors (Lipinski definition) is 2. The average molecular weight is 255 g/mol. The second kappa shape index (κ2) is 6.39. The third-order valence-electron chi connectivity index (χ3n) is 3.32. The highest BCUT2D eigenvalue weighted by Crippen LogP contribution is 2.19. The normalized spacial score (nSPS) is 12.2. The molecule has 2 rings (SSSR count). The van der Waals surface area contributed by atoms with E-state index in [0.717, 1.165) is 5.75 Å². The third-order valence-corrected chi connectivity index (χ3v) is 3.32. The number of benzene rings is 2. The summed E-state index contributed by atoms with van der Waals surface area (Å²) in [5.74, 6) is 0.917. The minimum absolute atomic E-state index is 0.336. The molecule has 0 saturated carbocycles. The molecule has 0 saturated heterocycles. The van der Waals surface area contributed by atoms with Gasteiger partial charge in [-0.15, -0.1) is 0 Å². The molecule has 19 heavy (non-hydrogen) atoms. The Morgan fingerprint density at radius 2 is 1.84 bits per heavy atom. The predicted molar refractivity (Wildman–Crippen MR) is 79.4 cm³/mol. The van der Waals surface area contributed by atoms with E-state index in [-0.39, 0.29) is 0 Å². The van der Waals surface area contributed by atoms with Crippen molar-refractivity contribution < 1.29 is 4.74 Å². The van der Waals surface area contributed by atoms with Gasteiger partial charge in [0.2, 0.25) is 0 Å². The second-order valence-corrected chi connectivity index (χ2v) is 4.86. The van der Waals surface area contributed by atoms with Gasteiger partial charge in [-0.25, -0.2) is 0 Å². The second-order valence-electron chi connectivity index (χ2n) is 4.86. The molecule has 0 aliphatic rings. The standard InChI is InChI=1S/C17H21NO/c1-13-7-9-15(10-8-13)12-19-17-6-4-5-16(11-17)14(2)18-3/h4-11,14,18H,12H2,1-3H3. The molecule has 0 radical (unpaired) electrons. The van der Waals surface area contributed by atoms with Crippen molar-refractivity contribution in [2.45, 2.75) is 26.5 Å². The smallest absolute Gasteiger partial charge is 0.120 e. The zero-order chi connectivity index (χ0) is 13.7. The molecule has 1 unspecified atom stereocenters. The Balaban J connectivity index is 2.01. The van der Waals surface area contributed by atoms with Crippen molar-refractivity contribution in [3.8, 4) is 5.75 Å². The molecule has 2 nitrogen and oxygen atoms in total. The van der Waals surface area contributed by atoms with E-state index >= 15 is 0 Å². The summed E-state index contributed by atoms with van der Waals surface area (Å²) >= 11 is 0. The number of nitrogens with one attached hydrogen (secondary N) is 1. The molecule has 1 atom stereocenters. The Kier molecular flexibility index (Phi) is 4.58. The fourth-order valence-corrected chi connectivity index (χ4v) is 1.89. The topological polar surface area (TPSA) is 21.3 Å². The zero-order valence-electron chi connectivity index (χ0n) is 11.8. The number of rotatable bonds is 5. The Morgan fingerprint density at radius 1 is 1.11 bits per heavy atom. The van der Waals surface area contributed by atoms with Crippen molar-refractivity contribution in [1.82, 2.24) is 5.32 Å². The van der Waals surface area contributed by atoms with Gasteiger partial charge in [0.15, 0.2) is 0 Å². The number of aryl methyl sites for hydroxylation is 1. The minimum atomic E-state index is 0.336. The van der Waals surface area contributed by atoms with Gasteiger partial charge in [-0.3, -0.25) is 0 Å². The van der Waals surface area contributed by atoms with Crippen LogP contribution in [0.1, 0.15) is 29.7 Å². The van der Waals surface area contributed by atoms with Crippen molar-refractivity contribution in [3.63, 3.8) is 0 Å². The highest BCUT2D eigenvalue weighted by Gasteiger charge is 2.03. The van der Waals surface area contributed by atoms with Crippen molar-refractivity contribution >= 4 is 0 Å². The van der Waals surface area contributed by atoms with Gasteiger partial charge in [0.1, 0.15) is 12.4 Å². The lowest BCUT2D eigenvalue weighted by molar-refractivity contribution is 0.305. The first-order chi connectivity index (χ1) is 9.19. The van der Waals surface area contributed by atoms with Crippen LogP contribution in [0.25, 0.3) is 0 Å². The molecule has 100 valence electrons. The van der Waals surface area contributed by atoms with Crippen LogP contribution in [-0.2, 0) is 6.61 Å². The highest BCUT2D eigenvalue weighted by atomic mass is 16.5. The van der Waals surface area contributed by atoms with Crippen LogP contribution in [0, 0.1) is 6.92 Å².